The van der Waals surface area contributed by atoms with Crippen LogP contribution in [0.2, 0.25) is 10.0 Å². The van der Waals surface area contributed by atoms with E-state index in [4.69, 9.17) is 23.2 Å². The summed E-state index contributed by atoms with van der Waals surface area (Å²) >= 11 is 11.7. The lowest BCUT2D eigenvalue weighted by Crippen LogP contribution is -2.06. The quantitative estimate of drug-likeness (QED) is 0.931. The SMILES string of the molecule is OC(Cc1ccccn1)c1ncc(Cl)cc1Cl. The molecule has 0 spiro atoms. The first-order valence-electron chi connectivity index (χ1n) is 5.05. The van der Waals surface area contributed by atoms with Gasteiger partial charge in [-0.2, -0.15) is 0 Å². The smallest absolute Gasteiger partial charge is 0.103 e. The van der Waals surface area contributed by atoms with E-state index in [1.807, 2.05) is 18.2 Å². The van der Waals surface area contributed by atoms with Crippen LogP contribution < -0.4 is 0 Å². The molecule has 1 unspecified atom stereocenters. The minimum Gasteiger partial charge on any atom is -0.386 e. The standard InChI is InChI=1S/C12H10Cl2N2O/c13-8-5-10(14)12(16-7-8)11(17)6-9-3-1-2-4-15-9/h1-5,7,11,17H,6H2. The van der Waals surface area contributed by atoms with Gasteiger partial charge < -0.3 is 5.11 Å². The molecule has 2 rings (SSSR count). The number of nitrogens with zero attached hydrogens (tertiary/aromatic N) is 2. The number of pyridine rings is 2. The van der Waals surface area contributed by atoms with Crippen LogP contribution in [0.3, 0.4) is 0 Å². The minimum atomic E-state index is -0.783. The van der Waals surface area contributed by atoms with Crippen LogP contribution in [0.1, 0.15) is 17.5 Å². The Morgan fingerprint density at radius 3 is 2.71 bits per heavy atom. The van der Waals surface area contributed by atoms with E-state index in [1.165, 1.54) is 6.20 Å². The zero-order valence-corrected chi connectivity index (χ0v) is 10.4. The molecule has 0 radical (unpaired) electrons. The molecule has 5 heteroatoms. The maximum Gasteiger partial charge on any atom is 0.103 e. The van der Waals surface area contributed by atoms with E-state index in [2.05, 4.69) is 9.97 Å². The number of aromatic nitrogens is 2. The summed E-state index contributed by atoms with van der Waals surface area (Å²) in [4.78, 5) is 8.17. The van der Waals surface area contributed by atoms with E-state index >= 15 is 0 Å². The van der Waals surface area contributed by atoms with Gasteiger partial charge in [0.05, 0.1) is 15.7 Å². The fraction of sp³-hybridized carbons (Fsp3) is 0.167. The number of hydrogen-bond acceptors (Lipinski definition) is 3. The predicted molar refractivity (Wildman–Crippen MR) is 67.2 cm³/mol. The fourth-order valence-corrected chi connectivity index (χ4v) is 1.99. The molecule has 2 aromatic rings. The molecule has 0 bridgehead atoms. The number of hydrogen-bond donors (Lipinski definition) is 1. The largest absolute Gasteiger partial charge is 0.386 e. The third-order valence-electron chi connectivity index (χ3n) is 2.28. The summed E-state index contributed by atoms with van der Waals surface area (Å²) in [7, 11) is 0. The molecule has 1 atom stereocenters. The number of aliphatic hydroxyl groups is 1. The average molecular weight is 269 g/mol. The Morgan fingerprint density at radius 2 is 2.06 bits per heavy atom. The lowest BCUT2D eigenvalue weighted by Gasteiger charge is -2.11. The number of rotatable bonds is 3. The van der Waals surface area contributed by atoms with Crippen LogP contribution in [0.4, 0.5) is 0 Å². The molecule has 0 amide bonds. The molecule has 88 valence electrons. The van der Waals surface area contributed by atoms with E-state index in [-0.39, 0.29) is 0 Å². The molecule has 2 aromatic heterocycles. The maximum atomic E-state index is 10.0. The second-order valence-electron chi connectivity index (χ2n) is 3.56. The first-order chi connectivity index (χ1) is 8.16. The lowest BCUT2D eigenvalue weighted by atomic mass is 10.1. The van der Waals surface area contributed by atoms with Gasteiger partial charge in [0.2, 0.25) is 0 Å². The van der Waals surface area contributed by atoms with Crippen LogP contribution in [0.5, 0.6) is 0 Å². The van der Waals surface area contributed by atoms with Crippen molar-refractivity contribution in [2.45, 2.75) is 12.5 Å². The van der Waals surface area contributed by atoms with Crippen LogP contribution in [-0.2, 0) is 6.42 Å². The predicted octanol–water partition coefficient (Wildman–Crippen LogP) is 3.06. The van der Waals surface area contributed by atoms with Crippen molar-refractivity contribution in [3.8, 4) is 0 Å². The molecule has 0 fully saturated rings. The number of aliphatic hydroxyl groups excluding tert-OH is 1. The number of halogens is 2. The van der Waals surface area contributed by atoms with Gasteiger partial charge in [0.1, 0.15) is 6.10 Å². The van der Waals surface area contributed by atoms with Gasteiger partial charge in [-0.15, -0.1) is 0 Å². The fourth-order valence-electron chi connectivity index (χ4n) is 1.48. The molecule has 0 saturated heterocycles. The zero-order valence-electron chi connectivity index (χ0n) is 8.85. The van der Waals surface area contributed by atoms with Crippen LogP contribution in [0, 0.1) is 0 Å². The molecule has 0 aliphatic heterocycles. The lowest BCUT2D eigenvalue weighted by molar-refractivity contribution is 0.172. The van der Waals surface area contributed by atoms with Gasteiger partial charge in [-0.05, 0) is 18.2 Å². The van der Waals surface area contributed by atoms with Crippen molar-refractivity contribution in [3.63, 3.8) is 0 Å². The van der Waals surface area contributed by atoms with Gasteiger partial charge in [0, 0.05) is 24.5 Å². The Balaban J connectivity index is 2.17. The van der Waals surface area contributed by atoms with Crippen LogP contribution >= 0.6 is 23.2 Å². The minimum absolute atomic E-state index is 0.362. The molecular weight excluding hydrogens is 259 g/mol. The first kappa shape index (κ1) is 12.3. The molecule has 0 saturated carbocycles. The summed E-state index contributed by atoms with van der Waals surface area (Å²) < 4.78 is 0. The Kier molecular flexibility index (Phi) is 3.94. The van der Waals surface area contributed by atoms with Gasteiger partial charge in [0.15, 0.2) is 0 Å². The van der Waals surface area contributed by atoms with Gasteiger partial charge in [-0.25, -0.2) is 0 Å². The Labute approximate surface area is 109 Å². The molecule has 0 aliphatic carbocycles. The van der Waals surface area contributed by atoms with Crippen LogP contribution in [0.25, 0.3) is 0 Å². The van der Waals surface area contributed by atoms with Gasteiger partial charge in [-0.1, -0.05) is 29.3 Å². The monoisotopic (exact) mass is 268 g/mol. The van der Waals surface area contributed by atoms with E-state index in [9.17, 15) is 5.11 Å². The summed E-state index contributed by atoms with van der Waals surface area (Å²) in [6.07, 6.45) is 2.73. The van der Waals surface area contributed by atoms with E-state index in [1.54, 1.807) is 12.3 Å². The summed E-state index contributed by atoms with van der Waals surface area (Å²) in [5.41, 5.74) is 1.20. The maximum absolute atomic E-state index is 10.0. The van der Waals surface area contributed by atoms with Crippen molar-refractivity contribution in [1.29, 1.82) is 0 Å². The second-order valence-corrected chi connectivity index (χ2v) is 4.41. The van der Waals surface area contributed by atoms with Crippen molar-refractivity contribution in [1.82, 2.24) is 9.97 Å². The van der Waals surface area contributed by atoms with Crippen LogP contribution in [-0.4, -0.2) is 15.1 Å². The summed E-state index contributed by atoms with van der Waals surface area (Å²) in [6.45, 7) is 0. The van der Waals surface area contributed by atoms with Gasteiger partial charge >= 0.3 is 0 Å². The molecule has 0 aromatic carbocycles. The molecule has 0 aliphatic rings. The first-order valence-corrected chi connectivity index (χ1v) is 5.81. The van der Waals surface area contributed by atoms with Crippen LogP contribution in [0.15, 0.2) is 36.7 Å². The van der Waals surface area contributed by atoms with Crippen molar-refractivity contribution in [3.05, 3.63) is 58.1 Å². The molecule has 3 nitrogen and oxygen atoms in total. The Morgan fingerprint density at radius 1 is 1.24 bits per heavy atom. The molecule has 1 N–H and O–H groups in total. The van der Waals surface area contributed by atoms with Crippen molar-refractivity contribution in [2.24, 2.45) is 0 Å². The molecule has 2 heterocycles. The zero-order chi connectivity index (χ0) is 12.3. The van der Waals surface area contributed by atoms with E-state index < -0.39 is 6.10 Å². The highest BCUT2D eigenvalue weighted by Crippen LogP contribution is 2.25. The van der Waals surface area contributed by atoms with Crippen molar-refractivity contribution < 1.29 is 5.11 Å². The average Bonchev–Trinajstić information content (AvgIpc) is 2.30. The highest BCUT2D eigenvalue weighted by Gasteiger charge is 2.14. The topological polar surface area (TPSA) is 46.0 Å². The third kappa shape index (κ3) is 3.16. The normalized spacial score (nSPS) is 12.4. The highest BCUT2D eigenvalue weighted by molar-refractivity contribution is 6.34. The Hall–Kier alpha value is -1.16. The third-order valence-corrected chi connectivity index (χ3v) is 2.79. The van der Waals surface area contributed by atoms with Gasteiger partial charge in [-0.3, -0.25) is 9.97 Å². The summed E-state index contributed by atoms with van der Waals surface area (Å²) in [5, 5.41) is 10.8. The highest BCUT2D eigenvalue weighted by atomic mass is 35.5. The van der Waals surface area contributed by atoms with Crippen molar-refractivity contribution in [2.75, 3.05) is 0 Å². The summed E-state index contributed by atoms with van der Waals surface area (Å²) in [6, 6.07) is 7.09. The summed E-state index contributed by atoms with van der Waals surface area (Å²) in [5.74, 6) is 0. The van der Waals surface area contributed by atoms with Gasteiger partial charge in [0.25, 0.3) is 0 Å². The van der Waals surface area contributed by atoms with Crippen molar-refractivity contribution >= 4 is 23.2 Å². The second kappa shape index (κ2) is 5.45. The Bertz CT molecular complexity index is 505. The van der Waals surface area contributed by atoms with E-state index in [0.717, 1.165) is 5.69 Å². The van der Waals surface area contributed by atoms with E-state index in [0.29, 0.717) is 22.2 Å². The molecule has 17 heavy (non-hydrogen) atoms. The molecular formula is C12H10Cl2N2O.